The maximum absolute atomic E-state index is 5.69. The summed E-state index contributed by atoms with van der Waals surface area (Å²) in [5.74, 6) is 3.68. The molecule has 2 N–H and O–H groups in total. The van der Waals surface area contributed by atoms with E-state index in [9.17, 15) is 0 Å². The Bertz CT molecular complexity index is 446. The van der Waals surface area contributed by atoms with Crippen molar-refractivity contribution in [3.05, 3.63) is 12.4 Å². The average Bonchev–Trinajstić information content (AvgIpc) is 2.37. The van der Waals surface area contributed by atoms with E-state index < -0.39 is 0 Å². The molecule has 5 rings (SSSR count). The van der Waals surface area contributed by atoms with Crippen molar-refractivity contribution in [1.82, 2.24) is 9.97 Å². The lowest BCUT2D eigenvalue weighted by Gasteiger charge is -2.59. The molecule has 0 amide bonds. The Labute approximate surface area is 114 Å². The molecule has 4 aliphatic carbocycles. The molecule has 1 aromatic rings. The number of anilines is 2. The summed E-state index contributed by atoms with van der Waals surface area (Å²) in [6.45, 7) is 0. The molecule has 4 bridgehead atoms. The fourth-order valence-electron chi connectivity index (χ4n) is 5.19. The molecular formula is C15H22N4. The van der Waals surface area contributed by atoms with Crippen LogP contribution in [0.5, 0.6) is 0 Å². The predicted molar refractivity (Wildman–Crippen MR) is 75.8 cm³/mol. The third-order valence-electron chi connectivity index (χ3n) is 5.68. The number of aromatic nitrogens is 2. The van der Waals surface area contributed by atoms with Crippen LogP contribution in [-0.4, -0.2) is 22.6 Å². The lowest BCUT2D eigenvalue weighted by molar-refractivity contribution is -0.00259. The van der Waals surface area contributed by atoms with E-state index in [0.29, 0.717) is 11.2 Å². The summed E-state index contributed by atoms with van der Waals surface area (Å²) < 4.78 is 0. The van der Waals surface area contributed by atoms with Crippen LogP contribution in [0.2, 0.25) is 0 Å². The van der Waals surface area contributed by atoms with E-state index in [1.54, 1.807) is 12.4 Å². The number of hydrogen-bond donors (Lipinski definition) is 1. The van der Waals surface area contributed by atoms with Crippen molar-refractivity contribution < 1.29 is 0 Å². The molecule has 0 atom stereocenters. The largest absolute Gasteiger partial charge is 0.396 e. The van der Waals surface area contributed by atoms with Crippen LogP contribution in [0.3, 0.4) is 0 Å². The zero-order valence-corrected chi connectivity index (χ0v) is 11.5. The second-order valence-electron chi connectivity index (χ2n) is 7.02. The SMILES string of the molecule is CN(c1ncc(N)cn1)C12CC3CC(CC(C3)C1)C2. The van der Waals surface area contributed by atoms with Crippen LogP contribution in [0.1, 0.15) is 38.5 Å². The zero-order chi connectivity index (χ0) is 13.0. The molecule has 4 fully saturated rings. The summed E-state index contributed by atoms with van der Waals surface area (Å²) in [5.41, 5.74) is 6.66. The first kappa shape index (κ1) is 11.5. The highest BCUT2D eigenvalue weighted by atomic mass is 15.3. The number of rotatable bonds is 2. The summed E-state index contributed by atoms with van der Waals surface area (Å²) in [7, 11) is 2.18. The molecule has 1 aromatic heterocycles. The molecule has 0 aliphatic heterocycles. The smallest absolute Gasteiger partial charge is 0.225 e. The third kappa shape index (κ3) is 1.72. The Morgan fingerprint density at radius 3 is 2.00 bits per heavy atom. The first-order chi connectivity index (χ1) is 9.14. The summed E-state index contributed by atoms with van der Waals surface area (Å²) in [5, 5.41) is 0. The third-order valence-corrected chi connectivity index (χ3v) is 5.68. The van der Waals surface area contributed by atoms with Gasteiger partial charge in [0.2, 0.25) is 5.95 Å². The van der Waals surface area contributed by atoms with Gasteiger partial charge in [0, 0.05) is 12.6 Å². The van der Waals surface area contributed by atoms with Gasteiger partial charge in [0.1, 0.15) is 0 Å². The Hall–Kier alpha value is -1.32. The molecule has 4 saturated carbocycles. The van der Waals surface area contributed by atoms with Crippen molar-refractivity contribution >= 4 is 11.6 Å². The fraction of sp³-hybridized carbons (Fsp3) is 0.733. The van der Waals surface area contributed by atoms with E-state index in [1.807, 2.05) is 0 Å². The summed E-state index contributed by atoms with van der Waals surface area (Å²) >= 11 is 0. The van der Waals surface area contributed by atoms with Crippen molar-refractivity contribution in [2.24, 2.45) is 17.8 Å². The van der Waals surface area contributed by atoms with Crippen LogP contribution in [-0.2, 0) is 0 Å². The van der Waals surface area contributed by atoms with Gasteiger partial charge in [-0.2, -0.15) is 0 Å². The van der Waals surface area contributed by atoms with Crippen LogP contribution in [0, 0.1) is 17.8 Å². The Morgan fingerprint density at radius 1 is 1.05 bits per heavy atom. The summed E-state index contributed by atoms with van der Waals surface area (Å²) in [6, 6.07) is 0. The maximum Gasteiger partial charge on any atom is 0.225 e. The molecule has 0 unspecified atom stereocenters. The van der Waals surface area contributed by atoms with Crippen LogP contribution in [0.25, 0.3) is 0 Å². The highest BCUT2D eigenvalue weighted by Gasteiger charge is 2.53. The van der Waals surface area contributed by atoms with Crippen molar-refractivity contribution in [3.8, 4) is 0 Å². The second kappa shape index (κ2) is 3.84. The lowest BCUT2D eigenvalue weighted by atomic mass is 9.52. The Kier molecular flexibility index (Phi) is 2.32. The van der Waals surface area contributed by atoms with Gasteiger partial charge < -0.3 is 10.6 Å². The Balaban J connectivity index is 1.65. The van der Waals surface area contributed by atoms with Gasteiger partial charge in [-0.15, -0.1) is 0 Å². The lowest BCUT2D eigenvalue weighted by Crippen LogP contribution is -2.59. The van der Waals surface area contributed by atoms with Gasteiger partial charge in [-0.1, -0.05) is 0 Å². The van der Waals surface area contributed by atoms with E-state index in [4.69, 9.17) is 5.73 Å². The van der Waals surface area contributed by atoms with E-state index in [0.717, 1.165) is 23.7 Å². The minimum atomic E-state index is 0.324. The zero-order valence-electron chi connectivity index (χ0n) is 11.5. The number of hydrogen-bond acceptors (Lipinski definition) is 4. The molecule has 19 heavy (non-hydrogen) atoms. The first-order valence-electron chi connectivity index (χ1n) is 7.46. The predicted octanol–water partition coefficient (Wildman–Crippen LogP) is 2.46. The molecule has 4 nitrogen and oxygen atoms in total. The molecule has 0 spiro atoms. The van der Waals surface area contributed by atoms with Crippen LogP contribution in [0.4, 0.5) is 11.6 Å². The van der Waals surface area contributed by atoms with Gasteiger partial charge in [-0.3, -0.25) is 0 Å². The quantitative estimate of drug-likeness (QED) is 0.885. The van der Waals surface area contributed by atoms with Crippen molar-refractivity contribution in [2.45, 2.75) is 44.1 Å². The standard InChI is InChI=1S/C15H22N4/c1-19(14-17-8-13(16)9-18-14)15-5-10-2-11(6-15)4-12(3-10)7-15/h8-12H,2-7,16H2,1H3. The van der Waals surface area contributed by atoms with Gasteiger partial charge >= 0.3 is 0 Å². The second-order valence-corrected chi connectivity index (χ2v) is 7.02. The van der Waals surface area contributed by atoms with Gasteiger partial charge in [0.05, 0.1) is 18.1 Å². The molecule has 0 radical (unpaired) electrons. The molecule has 4 aliphatic rings. The van der Waals surface area contributed by atoms with E-state index in [2.05, 4.69) is 21.9 Å². The average molecular weight is 258 g/mol. The molecule has 1 heterocycles. The van der Waals surface area contributed by atoms with Crippen LogP contribution >= 0.6 is 0 Å². The van der Waals surface area contributed by atoms with Crippen molar-refractivity contribution in [2.75, 3.05) is 17.7 Å². The fourth-order valence-corrected chi connectivity index (χ4v) is 5.19. The molecular weight excluding hydrogens is 236 g/mol. The monoisotopic (exact) mass is 258 g/mol. The van der Waals surface area contributed by atoms with E-state index >= 15 is 0 Å². The molecule has 102 valence electrons. The van der Waals surface area contributed by atoms with Gasteiger partial charge in [0.25, 0.3) is 0 Å². The number of nitrogens with two attached hydrogens (primary N) is 1. The van der Waals surface area contributed by atoms with Crippen LogP contribution in [0.15, 0.2) is 12.4 Å². The molecule has 0 aromatic carbocycles. The minimum Gasteiger partial charge on any atom is -0.396 e. The highest BCUT2D eigenvalue weighted by molar-refractivity contribution is 5.40. The number of nitrogens with zero attached hydrogens (tertiary/aromatic N) is 3. The van der Waals surface area contributed by atoms with E-state index in [1.165, 1.54) is 38.5 Å². The minimum absolute atomic E-state index is 0.324. The van der Waals surface area contributed by atoms with E-state index in [-0.39, 0.29) is 0 Å². The van der Waals surface area contributed by atoms with Gasteiger partial charge in [-0.25, -0.2) is 9.97 Å². The van der Waals surface area contributed by atoms with Gasteiger partial charge in [0.15, 0.2) is 0 Å². The maximum atomic E-state index is 5.69. The van der Waals surface area contributed by atoms with Gasteiger partial charge in [-0.05, 0) is 56.3 Å². The normalized spacial score (nSPS) is 39.5. The summed E-state index contributed by atoms with van der Waals surface area (Å²) in [6.07, 6.45) is 11.9. The summed E-state index contributed by atoms with van der Waals surface area (Å²) in [4.78, 5) is 11.2. The molecule has 4 heteroatoms. The highest BCUT2D eigenvalue weighted by Crippen LogP contribution is 2.57. The molecule has 0 saturated heterocycles. The van der Waals surface area contributed by atoms with Crippen LogP contribution < -0.4 is 10.6 Å². The Morgan fingerprint density at radius 2 is 1.53 bits per heavy atom. The number of nitrogen functional groups attached to an aromatic ring is 1. The van der Waals surface area contributed by atoms with Crippen molar-refractivity contribution in [3.63, 3.8) is 0 Å². The topological polar surface area (TPSA) is 55.0 Å². The first-order valence-corrected chi connectivity index (χ1v) is 7.46. The van der Waals surface area contributed by atoms with Crippen molar-refractivity contribution in [1.29, 1.82) is 0 Å².